The maximum Gasteiger partial charge on any atom is 0.0945 e. The predicted molar refractivity (Wildman–Crippen MR) is 78.4 cm³/mol. The molecule has 4 nitrogen and oxygen atoms in total. The van der Waals surface area contributed by atoms with E-state index in [1.54, 1.807) is 0 Å². The number of nitrogens with one attached hydrogen (secondary N) is 1. The molecule has 0 bridgehead atoms. The molecule has 1 aromatic carbocycles. The van der Waals surface area contributed by atoms with Gasteiger partial charge >= 0.3 is 0 Å². The largest absolute Gasteiger partial charge is 0.389 e. The first-order valence-corrected chi connectivity index (χ1v) is 7.41. The SMILES string of the molecule is OC(CNc1ccccc1Br)COCC1CCCO1. The minimum Gasteiger partial charge on any atom is -0.389 e. The van der Waals surface area contributed by atoms with E-state index in [-0.39, 0.29) is 6.10 Å². The standard InChI is InChI=1S/C14H20BrNO3/c15-13-5-1-2-6-14(13)16-8-11(17)9-18-10-12-4-3-7-19-12/h1-2,5-6,11-12,16-17H,3-4,7-10H2. The Morgan fingerprint density at radius 2 is 2.32 bits per heavy atom. The van der Waals surface area contributed by atoms with Crippen LogP contribution in [0.1, 0.15) is 12.8 Å². The van der Waals surface area contributed by atoms with Crippen LogP contribution in [-0.4, -0.2) is 43.7 Å². The first kappa shape index (κ1) is 14.8. The van der Waals surface area contributed by atoms with E-state index < -0.39 is 6.10 Å². The number of ether oxygens (including phenoxy) is 2. The van der Waals surface area contributed by atoms with Crippen molar-refractivity contribution in [1.29, 1.82) is 0 Å². The fourth-order valence-corrected chi connectivity index (χ4v) is 2.43. The molecule has 1 aliphatic rings. The van der Waals surface area contributed by atoms with Crippen LogP contribution in [0.5, 0.6) is 0 Å². The van der Waals surface area contributed by atoms with E-state index in [0.29, 0.717) is 19.8 Å². The molecule has 0 aliphatic carbocycles. The number of hydrogen-bond acceptors (Lipinski definition) is 4. The van der Waals surface area contributed by atoms with Crippen LogP contribution >= 0.6 is 15.9 Å². The fourth-order valence-electron chi connectivity index (χ4n) is 2.00. The molecule has 1 fully saturated rings. The van der Waals surface area contributed by atoms with Crippen LogP contribution in [-0.2, 0) is 9.47 Å². The second-order valence-corrected chi connectivity index (χ2v) is 5.54. The number of halogens is 1. The Labute approximate surface area is 122 Å². The molecule has 0 spiro atoms. The zero-order valence-electron chi connectivity index (χ0n) is 10.8. The van der Waals surface area contributed by atoms with Gasteiger partial charge in [0.25, 0.3) is 0 Å². The first-order valence-electron chi connectivity index (χ1n) is 6.61. The number of aliphatic hydroxyl groups excluding tert-OH is 1. The lowest BCUT2D eigenvalue weighted by atomic mass is 10.2. The normalized spacial score (nSPS) is 20.4. The number of hydrogen-bond donors (Lipinski definition) is 2. The highest BCUT2D eigenvalue weighted by molar-refractivity contribution is 9.10. The lowest BCUT2D eigenvalue weighted by molar-refractivity contribution is -0.0137. The van der Waals surface area contributed by atoms with Crippen molar-refractivity contribution in [2.75, 3.05) is 31.7 Å². The summed E-state index contributed by atoms with van der Waals surface area (Å²) in [4.78, 5) is 0. The van der Waals surface area contributed by atoms with E-state index >= 15 is 0 Å². The Hall–Kier alpha value is -0.620. The maximum atomic E-state index is 9.83. The van der Waals surface area contributed by atoms with Gasteiger partial charge in [0, 0.05) is 23.3 Å². The van der Waals surface area contributed by atoms with Gasteiger partial charge in [-0.05, 0) is 40.9 Å². The number of rotatable bonds is 7. The van der Waals surface area contributed by atoms with Gasteiger partial charge in [-0.3, -0.25) is 0 Å². The van der Waals surface area contributed by atoms with Gasteiger partial charge in [-0.2, -0.15) is 0 Å². The Morgan fingerprint density at radius 3 is 3.05 bits per heavy atom. The number of benzene rings is 1. The van der Waals surface area contributed by atoms with Gasteiger partial charge < -0.3 is 19.9 Å². The summed E-state index contributed by atoms with van der Waals surface area (Å²) in [5, 5.41) is 13.0. The molecule has 2 unspecified atom stereocenters. The van der Waals surface area contributed by atoms with E-state index in [0.717, 1.165) is 29.6 Å². The van der Waals surface area contributed by atoms with Crippen LogP contribution in [0, 0.1) is 0 Å². The van der Waals surface area contributed by atoms with Crippen LogP contribution in [0.25, 0.3) is 0 Å². The van der Waals surface area contributed by atoms with Crippen molar-refractivity contribution in [2.24, 2.45) is 0 Å². The molecule has 5 heteroatoms. The third-order valence-electron chi connectivity index (χ3n) is 3.04. The van der Waals surface area contributed by atoms with Crippen molar-refractivity contribution >= 4 is 21.6 Å². The Bertz CT molecular complexity index is 383. The minimum atomic E-state index is -0.520. The van der Waals surface area contributed by atoms with Crippen molar-refractivity contribution in [2.45, 2.75) is 25.0 Å². The molecule has 1 aromatic rings. The average molecular weight is 330 g/mol. The summed E-state index contributed by atoms with van der Waals surface area (Å²) in [5.41, 5.74) is 0.973. The third-order valence-corrected chi connectivity index (χ3v) is 3.73. The van der Waals surface area contributed by atoms with Crippen LogP contribution in [0.3, 0.4) is 0 Å². The molecular formula is C14H20BrNO3. The smallest absolute Gasteiger partial charge is 0.0945 e. The van der Waals surface area contributed by atoms with E-state index in [2.05, 4.69) is 21.2 Å². The molecule has 1 aliphatic heterocycles. The van der Waals surface area contributed by atoms with E-state index in [4.69, 9.17) is 9.47 Å². The fraction of sp³-hybridized carbons (Fsp3) is 0.571. The van der Waals surface area contributed by atoms with Gasteiger partial charge in [-0.25, -0.2) is 0 Å². The Balaban J connectivity index is 1.61. The van der Waals surface area contributed by atoms with Crippen molar-refractivity contribution in [1.82, 2.24) is 0 Å². The quantitative estimate of drug-likeness (QED) is 0.806. The summed E-state index contributed by atoms with van der Waals surface area (Å²) in [6.45, 7) is 2.21. The van der Waals surface area contributed by atoms with Crippen LogP contribution in [0.15, 0.2) is 28.7 Å². The van der Waals surface area contributed by atoms with E-state index in [1.807, 2.05) is 24.3 Å². The number of anilines is 1. The summed E-state index contributed by atoms with van der Waals surface area (Å²) in [7, 11) is 0. The number of aliphatic hydroxyl groups is 1. The van der Waals surface area contributed by atoms with Crippen molar-refractivity contribution < 1.29 is 14.6 Å². The highest BCUT2D eigenvalue weighted by Crippen LogP contribution is 2.20. The molecular weight excluding hydrogens is 310 g/mol. The number of para-hydroxylation sites is 1. The molecule has 106 valence electrons. The van der Waals surface area contributed by atoms with Crippen LogP contribution in [0.2, 0.25) is 0 Å². The molecule has 1 saturated heterocycles. The summed E-state index contributed by atoms with van der Waals surface area (Å²) >= 11 is 3.45. The molecule has 0 radical (unpaired) electrons. The third kappa shape index (κ3) is 5.10. The van der Waals surface area contributed by atoms with Crippen molar-refractivity contribution in [3.05, 3.63) is 28.7 Å². The lowest BCUT2D eigenvalue weighted by Crippen LogP contribution is -2.27. The summed E-state index contributed by atoms with van der Waals surface area (Å²) in [5.74, 6) is 0. The molecule has 0 aromatic heterocycles. The van der Waals surface area contributed by atoms with Crippen LogP contribution < -0.4 is 5.32 Å². The van der Waals surface area contributed by atoms with Crippen molar-refractivity contribution in [3.63, 3.8) is 0 Å². The highest BCUT2D eigenvalue weighted by atomic mass is 79.9. The Kier molecular flexibility index (Phi) is 6.10. The van der Waals surface area contributed by atoms with Gasteiger partial charge in [0.05, 0.1) is 25.4 Å². The summed E-state index contributed by atoms with van der Waals surface area (Å²) < 4.78 is 11.9. The summed E-state index contributed by atoms with van der Waals surface area (Å²) in [6, 6.07) is 7.83. The maximum absolute atomic E-state index is 9.83. The average Bonchev–Trinajstić information content (AvgIpc) is 2.91. The zero-order chi connectivity index (χ0) is 13.5. The van der Waals surface area contributed by atoms with Gasteiger partial charge in [-0.1, -0.05) is 12.1 Å². The molecule has 1 heterocycles. The van der Waals surface area contributed by atoms with Gasteiger partial charge in [-0.15, -0.1) is 0 Å². The first-order chi connectivity index (χ1) is 9.25. The van der Waals surface area contributed by atoms with E-state index in [9.17, 15) is 5.11 Å². The highest BCUT2D eigenvalue weighted by Gasteiger charge is 2.16. The summed E-state index contributed by atoms with van der Waals surface area (Å²) in [6.07, 6.45) is 1.86. The van der Waals surface area contributed by atoms with Crippen LogP contribution in [0.4, 0.5) is 5.69 Å². The molecule has 0 saturated carbocycles. The minimum absolute atomic E-state index is 0.212. The molecule has 2 rings (SSSR count). The second kappa shape index (κ2) is 7.85. The van der Waals surface area contributed by atoms with Gasteiger partial charge in [0.15, 0.2) is 0 Å². The Morgan fingerprint density at radius 1 is 1.47 bits per heavy atom. The monoisotopic (exact) mass is 329 g/mol. The lowest BCUT2D eigenvalue weighted by Gasteiger charge is -2.15. The topological polar surface area (TPSA) is 50.7 Å². The molecule has 0 amide bonds. The zero-order valence-corrected chi connectivity index (χ0v) is 12.4. The van der Waals surface area contributed by atoms with Crippen molar-refractivity contribution in [3.8, 4) is 0 Å². The van der Waals surface area contributed by atoms with Gasteiger partial charge in [0.1, 0.15) is 0 Å². The molecule has 2 N–H and O–H groups in total. The predicted octanol–water partition coefficient (Wildman–Crippen LogP) is 2.42. The second-order valence-electron chi connectivity index (χ2n) is 4.69. The van der Waals surface area contributed by atoms with Gasteiger partial charge in [0.2, 0.25) is 0 Å². The molecule has 2 atom stereocenters. The van der Waals surface area contributed by atoms with E-state index in [1.165, 1.54) is 0 Å². The molecule has 19 heavy (non-hydrogen) atoms.